The van der Waals surface area contributed by atoms with E-state index in [1.54, 1.807) is 12.1 Å². The number of hydrogen-bond donors (Lipinski definition) is 2. The normalized spacial score (nSPS) is 10.8. The average Bonchev–Trinajstić information content (AvgIpc) is 2.69. The minimum Gasteiger partial charge on any atom is -0.493 e. The molecule has 0 aliphatic carbocycles. The Morgan fingerprint density at radius 2 is 2.03 bits per heavy atom. The highest BCUT2D eigenvalue weighted by Crippen LogP contribution is 2.21. The van der Waals surface area contributed by atoms with E-state index in [-0.39, 0.29) is 11.5 Å². The molecule has 6 nitrogen and oxygen atoms in total. The number of carbonyl (C=O) groups excluding carboxylic acids is 1. The Morgan fingerprint density at radius 1 is 1.21 bits per heavy atom. The molecule has 2 aromatic carbocycles. The van der Waals surface area contributed by atoms with Crippen LogP contribution in [0.2, 0.25) is 5.02 Å². The molecule has 0 fully saturated rings. The molecule has 3 rings (SSSR count). The second-order valence-electron chi connectivity index (χ2n) is 6.85. The third-order valence-electron chi connectivity index (χ3n) is 4.52. The number of rotatable bonds is 9. The third kappa shape index (κ3) is 6.06. The van der Waals surface area contributed by atoms with Gasteiger partial charge in [-0.15, -0.1) is 0 Å². The van der Waals surface area contributed by atoms with Crippen molar-refractivity contribution in [2.24, 2.45) is 0 Å². The Balaban J connectivity index is 1.34. The Morgan fingerprint density at radius 3 is 2.86 bits per heavy atom. The maximum absolute atomic E-state index is 12.0. The molecule has 7 heteroatoms. The van der Waals surface area contributed by atoms with Crippen molar-refractivity contribution in [2.75, 3.05) is 13.2 Å². The molecule has 152 valence electrons. The SMILES string of the molecule is Cc1cc(Cl)ccc1OCCCNC(=O)CCCc1nc2ccccc2c(=O)[nH]1. The Hall–Kier alpha value is -2.86. The number of halogens is 1. The van der Waals surface area contributed by atoms with Crippen molar-refractivity contribution in [3.05, 3.63) is 69.2 Å². The fraction of sp³-hybridized carbons (Fsp3) is 0.318. The van der Waals surface area contributed by atoms with E-state index in [4.69, 9.17) is 16.3 Å². The van der Waals surface area contributed by atoms with Gasteiger partial charge in [-0.1, -0.05) is 23.7 Å². The van der Waals surface area contributed by atoms with Gasteiger partial charge in [0.25, 0.3) is 5.56 Å². The molecule has 0 aliphatic heterocycles. The zero-order valence-electron chi connectivity index (χ0n) is 16.3. The van der Waals surface area contributed by atoms with Crippen molar-refractivity contribution in [1.82, 2.24) is 15.3 Å². The molecule has 1 aromatic heterocycles. The van der Waals surface area contributed by atoms with Crippen LogP contribution in [0.5, 0.6) is 5.75 Å². The average molecular weight is 414 g/mol. The monoisotopic (exact) mass is 413 g/mol. The minimum atomic E-state index is -0.147. The molecule has 0 bridgehead atoms. The smallest absolute Gasteiger partial charge is 0.258 e. The minimum absolute atomic E-state index is 0.0178. The number of aromatic amines is 1. The predicted octanol–water partition coefficient (Wildman–Crippen LogP) is 3.79. The summed E-state index contributed by atoms with van der Waals surface area (Å²) in [6.45, 7) is 3.02. The summed E-state index contributed by atoms with van der Waals surface area (Å²) in [5, 5.41) is 4.15. The summed E-state index contributed by atoms with van der Waals surface area (Å²) in [5.74, 6) is 1.39. The zero-order valence-corrected chi connectivity index (χ0v) is 17.1. The number of benzene rings is 2. The first-order chi connectivity index (χ1) is 14.0. The summed E-state index contributed by atoms with van der Waals surface area (Å²) in [6, 6.07) is 12.7. The highest BCUT2D eigenvalue weighted by atomic mass is 35.5. The van der Waals surface area contributed by atoms with Crippen LogP contribution in [-0.4, -0.2) is 29.0 Å². The fourth-order valence-electron chi connectivity index (χ4n) is 3.01. The van der Waals surface area contributed by atoms with Gasteiger partial charge in [-0.2, -0.15) is 0 Å². The van der Waals surface area contributed by atoms with Crippen molar-refractivity contribution in [1.29, 1.82) is 0 Å². The van der Waals surface area contributed by atoms with Crippen molar-refractivity contribution in [3.8, 4) is 5.75 Å². The molecule has 0 saturated carbocycles. The topological polar surface area (TPSA) is 84.1 Å². The molecule has 2 N–H and O–H groups in total. The van der Waals surface area contributed by atoms with Gasteiger partial charge in [-0.25, -0.2) is 4.98 Å². The lowest BCUT2D eigenvalue weighted by molar-refractivity contribution is -0.121. The van der Waals surface area contributed by atoms with Crippen LogP contribution < -0.4 is 15.6 Å². The molecule has 1 heterocycles. The van der Waals surface area contributed by atoms with Crippen molar-refractivity contribution in [3.63, 3.8) is 0 Å². The summed E-state index contributed by atoms with van der Waals surface area (Å²) < 4.78 is 5.71. The van der Waals surface area contributed by atoms with Gasteiger partial charge in [-0.3, -0.25) is 9.59 Å². The Bertz CT molecular complexity index is 1050. The molecular formula is C22H24ClN3O3. The van der Waals surface area contributed by atoms with E-state index in [0.29, 0.717) is 60.6 Å². The maximum Gasteiger partial charge on any atom is 0.258 e. The molecule has 0 saturated heterocycles. The first kappa shape index (κ1) is 20.9. The number of H-pyrrole nitrogens is 1. The largest absolute Gasteiger partial charge is 0.493 e. The Labute approximate surface area is 174 Å². The lowest BCUT2D eigenvalue weighted by Crippen LogP contribution is -2.25. The number of nitrogens with zero attached hydrogens (tertiary/aromatic N) is 1. The lowest BCUT2D eigenvalue weighted by Gasteiger charge is -2.10. The number of ether oxygens (including phenoxy) is 1. The second-order valence-corrected chi connectivity index (χ2v) is 7.28. The molecule has 29 heavy (non-hydrogen) atoms. The molecular weight excluding hydrogens is 390 g/mol. The molecule has 1 amide bonds. The van der Waals surface area contributed by atoms with Gasteiger partial charge in [0, 0.05) is 24.4 Å². The standard InChI is InChI=1S/C22H24ClN3O3/c1-15-14-16(23)10-11-19(15)29-13-5-12-24-21(27)9-4-8-20-25-18-7-3-2-6-17(18)22(28)26-20/h2-3,6-7,10-11,14H,4-5,8-9,12-13H2,1H3,(H,24,27)(H,25,26,28). The molecule has 0 spiro atoms. The van der Waals surface area contributed by atoms with Crippen LogP contribution in [-0.2, 0) is 11.2 Å². The number of nitrogens with one attached hydrogen (secondary N) is 2. The second kappa shape index (κ2) is 10.1. The van der Waals surface area contributed by atoms with Crippen LogP contribution in [0.15, 0.2) is 47.3 Å². The van der Waals surface area contributed by atoms with Gasteiger partial charge in [0.15, 0.2) is 0 Å². The summed E-state index contributed by atoms with van der Waals surface area (Å²) in [5.41, 5.74) is 1.51. The van der Waals surface area contributed by atoms with Gasteiger partial charge in [-0.05, 0) is 55.7 Å². The number of carbonyl (C=O) groups is 1. The van der Waals surface area contributed by atoms with Crippen LogP contribution in [0.1, 0.15) is 30.7 Å². The van der Waals surface area contributed by atoms with Crippen molar-refractivity contribution in [2.45, 2.75) is 32.6 Å². The van der Waals surface area contributed by atoms with E-state index >= 15 is 0 Å². The van der Waals surface area contributed by atoms with Crippen LogP contribution in [0.4, 0.5) is 0 Å². The van der Waals surface area contributed by atoms with E-state index in [1.165, 1.54) is 0 Å². The third-order valence-corrected chi connectivity index (χ3v) is 4.75. The molecule has 3 aromatic rings. The maximum atomic E-state index is 12.0. The summed E-state index contributed by atoms with van der Waals surface area (Å²) in [7, 11) is 0. The van der Waals surface area contributed by atoms with Gasteiger partial charge in [0.1, 0.15) is 11.6 Å². The number of hydrogen-bond acceptors (Lipinski definition) is 4. The van der Waals surface area contributed by atoms with Crippen molar-refractivity contribution >= 4 is 28.4 Å². The van der Waals surface area contributed by atoms with Crippen LogP contribution in [0.3, 0.4) is 0 Å². The van der Waals surface area contributed by atoms with Gasteiger partial charge < -0.3 is 15.0 Å². The zero-order chi connectivity index (χ0) is 20.6. The van der Waals surface area contributed by atoms with E-state index in [2.05, 4.69) is 15.3 Å². The summed E-state index contributed by atoms with van der Waals surface area (Å²) in [6.07, 6.45) is 2.26. The first-order valence-electron chi connectivity index (χ1n) is 9.66. The van der Waals surface area contributed by atoms with Gasteiger partial charge >= 0.3 is 0 Å². The van der Waals surface area contributed by atoms with Crippen LogP contribution >= 0.6 is 11.6 Å². The van der Waals surface area contributed by atoms with Gasteiger partial charge in [0.05, 0.1) is 17.5 Å². The number of para-hydroxylation sites is 1. The van der Waals surface area contributed by atoms with Crippen LogP contribution in [0.25, 0.3) is 10.9 Å². The number of fused-ring (bicyclic) bond motifs is 1. The van der Waals surface area contributed by atoms with E-state index in [9.17, 15) is 9.59 Å². The number of aryl methyl sites for hydroxylation is 2. The van der Waals surface area contributed by atoms with E-state index in [0.717, 1.165) is 11.3 Å². The number of amides is 1. The molecule has 0 atom stereocenters. The van der Waals surface area contributed by atoms with Crippen molar-refractivity contribution < 1.29 is 9.53 Å². The summed E-state index contributed by atoms with van der Waals surface area (Å²) >= 11 is 5.93. The highest BCUT2D eigenvalue weighted by molar-refractivity contribution is 6.30. The van der Waals surface area contributed by atoms with E-state index in [1.807, 2.05) is 37.3 Å². The quantitative estimate of drug-likeness (QED) is 0.523. The van der Waals surface area contributed by atoms with Crippen LogP contribution in [0, 0.1) is 6.92 Å². The Kier molecular flexibility index (Phi) is 7.25. The highest BCUT2D eigenvalue weighted by Gasteiger charge is 2.06. The van der Waals surface area contributed by atoms with E-state index < -0.39 is 0 Å². The molecule has 0 unspecified atom stereocenters. The lowest BCUT2D eigenvalue weighted by atomic mass is 10.2. The predicted molar refractivity (Wildman–Crippen MR) is 115 cm³/mol. The molecule has 0 radical (unpaired) electrons. The summed E-state index contributed by atoms with van der Waals surface area (Å²) in [4.78, 5) is 31.3. The first-order valence-corrected chi connectivity index (χ1v) is 10.0. The number of aromatic nitrogens is 2. The fourth-order valence-corrected chi connectivity index (χ4v) is 3.24. The molecule has 0 aliphatic rings. The van der Waals surface area contributed by atoms with Gasteiger partial charge in [0.2, 0.25) is 5.91 Å².